The van der Waals surface area contributed by atoms with E-state index in [0.29, 0.717) is 5.56 Å². The average molecular weight is 488 g/mol. The summed E-state index contributed by atoms with van der Waals surface area (Å²) in [5.74, 6) is -0.593. The van der Waals surface area contributed by atoms with Crippen molar-refractivity contribution in [3.63, 3.8) is 0 Å². The van der Waals surface area contributed by atoms with Gasteiger partial charge in [-0.1, -0.05) is 46.3 Å². The van der Waals surface area contributed by atoms with Crippen molar-refractivity contribution in [3.8, 4) is 0 Å². The van der Waals surface area contributed by atoms with Crippen molar-refractivity contribution in [2.24, 2.45) is 10.4 Å². The number of nitrogens with zero attached hydrogens (tertiary/aromatic N) is 2. The van der Waals surface area contributed by atoms with Crippen LogP contribution in [0.5, 0.6) is 0 Å². The number of ketones is 1. The Balaban J connectivity index is 2.08. The molecule has 31 heavy (non-hydrogen) atoms. The summed E-state index contributed by atoms with van der Waals surface area (Å²) in [4.78, 5) is 34.8. The number of hydroxylamine groups is 2. The number of halogens is 1. The number of quaternary nitrogens is 1. The van der Waals surface area contributed by atoms with Crippen LogP contribution in [0.2, 0.25) is 0 Å². The van der Waals surface area contributed by atoms with Crippen molar-refractivity contribution in [3.05, 3.63) is 70.2 Å². The van der Waals surface area contributed by atoms with Gasteiger partial charge in [-0.15, -0.1) is 0 Å². The molecule has 8 heteroatoms. The summed E-state index contributed by atoms with van der Waals surface area (Å²) in [6, 6.07) is 10.6. The number of pyridine rings is 1. The summed E-state index contributed by atoms with van der Waals surface area (Å²) in [6.07, 6.45) is 1.60. The molecule has 0 amide bonds. The Kier molecular flexibility index (Phi) is 6.45. The van der Waals surface area contributed by atoms with E-state index in [1.54, 1.807) is 57.3 Å². The molecular weight excluding hydrogens is 462 g/mol. The highest BCUT2D eigenvalue weighted by Gasteiger charge is 2.53. The Morgan fingerprint density at radius 2 is 1.94 bits per heavy atom. The van der Waals surface area contributed by atoms with Gasteiger partial charge in [-0.05, 0) is 39.3 Å². The third-order valence-electron chi connectivity index (χ3n) is 6.08. The molecule has 0 fully saturated rings. The van der Waals surface area contributed by atoms with Crippen LogP contribution < -0.4 is 5.06 Å². The number of benzene rings is 1. The first-order chi connectivity index (χ1) is 14.5. The molecule has 3 unspecified atom stereocenters. The SMILES string of the molecule is COC(=O)c1cc(C(C)Br)cnc1C1=NC(C)(C(C)(C)C(=O)c2ccccc2)C[NH+]1[O-]. The molecule has 0 aliphatic carbocycles. The Morgan fingerprint density at radius 1 is 1.29 bits per heavy atom. The number of esters is 1. The van der Waals surface area contributed by atoms with Crippen molar-refractivity contribution >= 4 is 33.5 Å². The first kappa shape index (κ1) is 23.2. The van der Waals surface area contributed by atoms with E-state index in [1.807, 2.05) is 13.0 Å². The number of amidine groups is 1. The van der Waals surface area contributed by atoms with Gasteiger partial charge in [0.25, 0.3) is 0 Å². The molecule has 0 radical (unpaired) electrons. The maximum absolute atomic E-state index is 13.3. The van der Waals surface area contributed by atoms with Gasteiger partial charge in [0.2, 0.25) is 5.84 Å². The van der Waals surface area contributed by atoms with Crippen LogP contribution in [0, 0.1) is 10.6 Å². The zero-order valence-electron chi connectivity index (χ0n) is 18.2. The molecule has 3 rings (SSSR count). The minimum absolute atomic E-state index is 0.0358. The molecule has 0 saturated carbocycles. The smallest absolute Gasteiger partial charge is 0.340 e. The van der Waals surface area contributed by atoms with Gasteiger partial charge >= 0.3 is 5.97 Å². The van der Waals surface area contributed by atoms with Crippen molar-refractivity contribution < 1.29 is 19.4 Å². The van der Waals surface area contributed by atoms with Gasteiger partial charge < -0.3 is 15.0 Å². The van der Waals surface area contributed by atoms with Crippen LogP contribution in [0.3, 0.4) is 0 Å². The fraction of sp³-hybridized carbons (Fsp3) is 0.391. The highest BCUT2D eigenvalue weighted by atomic mass is 79.9. The summed E-state index contributed by atoms with van der Waals surface area (Å²) in [6.45, 7) is 7.35. The molecule has 2 aromatic rings. The van der Waals surface area contributed by atoms with Crippen molar-refractivity contribution in [2.45, 2.75) is 38.1 Å². The molecule has 3 atom stereocenters. The Morgan fingerprint density at radius 3 is 2.52 bits per heavy atom. The van der Waals surface area contributed by atoms with Crippen LogP contribution >= 0.6 is 15.9 Å². The molecule has 0 saturated heterocycles. The van der Waals surface area contributed by atoms with Crippen LogP contribution in [0.1, 0.15) is 64.5 Å². The molecule has 0 spiro atoms. The lowest BCUT2D eigenvalue weighted by molar-refractivity contribution is -0.744. The van der Waals surface area contributed by atoms with Crippen LogP contribution in [-0.4, -0.2) is 41.8 Å². The second kappa shape index (κ2) is 8.61. The van der Waals surface area contributed by atoms with Crippen molar-refractivity contribution in [2.75, 3.05) is 13.7 Å². The third kappa shape index (κ3) is 4.20. The van der Waals surface area contributed by atoms with E-state index in [9.17, 15) is 14.8 Å². The van der Waals surface area contributed by atoms with Crippen LogP contribution in [0.15, 0.2) is 47.6 Å². The fourth-order valence-corrected chi connectivity index (χ4v) is 3.89. The van der Waals surface area contributed by atoms with E-state index in [1.165, 1.54) is 7.11 Å². The fourth-order valence-electron chi connectivity index (χ4n) is 3.64. The Bertz CT molecular complexity index is 1040. The Hall–Kier alpha value is -2.42. The number of alkyl halides is 1. The molecule has 164 valence electrons. The number of ether oxygens (including phenoxy) is 1. The van der Waals surface area contributed by atoms with Gasteiger partial charge in [0, 0.05) is 16.6 Å². The number of aliphatic imine (C=N–C) groups is 1. The molecular formula is C23H26BrN3O4. The molecule has 7 nitrogen and oxygen atoms in total. The largest absolute Gasteiger partial charge is 0.628 e. The summed E-state index contributed by atoms with van der Waals surface area (Å²) < 4.78 is 4.91. The van der Waals surface area contributed by atoms with Gasteiger partial charge in [-0.25, -0.2) is 14.8 Å². The predicted molar refractivity (Wildman–Crippen MR) is 122 cm³/mol. The summed E-state index contributed by atoms with van der Waals surface area (Å²) in [5.41, 5.74) is -0.244. The summed E-state index contributed by atoms with van der Waals surface area (Å²) >= 11 is 3.46. The number of hydrogen-bond acceptors (Lipinski definition) is 6. The Labute approximate surface area is 190 Å². The quantitative estimate of drug-likeness (QED) is 0.292. The number of carbonyl (C=O) groups excluding carboxylic acids is 2. The number of rotatable bonds is 6. The lowest BCUT2D eigenvalue weighted by Gasteiger charge is -2.36. The van der Waals surface area contributed by atoms with Gasteiger partial charge in [-0.3, -0.25) is 4.79 Å². The first-order valence-corrected chi connectivity index (χ1v) is 10.9. The van der Waals surface area contributed by atoms with Gasteiger partial charge in [0.1, 0.15) is 12.1 Å². The topological polar surface area (TPSA) is 96.1 Å². The van der Waals surface area contributed by atoms with E-state index in [2.05, 4.69) is 20.9 Å². The second-order valence-corrected chi connectivity index (χ2v) is 9.80. The molecule has 1 aromatic carbocycles. The summed E-state index contributed by atoms with van der Waals surface area (Å²) in [7, 11) is 1.28. The van der Waals surface area contributed by atoms with E-state index in [4.69, 9.17) is 9.73 Å². The van der Waals surface area contributed by atoms with E-state index in [-0.39, 0.29) is 39.3 Å². The van der Waals surface area contributed by atoms with E-state index >= 15 is 0 Å². The van der Waals surface area contributed by atoms with E-state index < -0.39 is 16.9 Å². The molecule has 0 bridgehead atoms. The van der Waals surface area contributed by atoms with Crippen molar-refractivity contribution in [1.82, 2.24) is 4.98 Å². The van der Waals surface area contributed by atoms with Gasteiger partial charge in [0.05, 0.1) is 18.1 Å². The molecule has 1 aliphatic heterocycles. The van der Waals surface area contributed by atoms with Crippen LogP contribution in [0.25, 0.3) is 0 Å². The van der Waals surface area contributed by atoms with Crippen LogP contribution in [-0.2, 0) is 4.74 Å². The lowest BCUT2D eigenvalue weighted by Crippen LogP contribution is -3.09. The highest BCUT2D eigenvalue weighted by molar-refractivity contribution is 9.09. The number of Topliss-reactive ketones (excluding diaryl/α,β-unsaturated/α-hetero) is 1. The minimum Gasteiger partial charge on any atom is -0.628 e. The van der Waals surface area contributed by atoms with Gasteiger partial charge in [-0.2, -0.15) is 0 Å². The first-order valence-electron chi connectivity index (χ1n) is 9.97. The minimum atomic E-state index is -0.983. The zero-order chi connectivity index (χ0) is 23.0. The third-order valence-corrected chi connectivity index (χ3v) is 6.60. The highest BCUT2D eigenvalue weighted by Crippen LogP contribution is 2.38. The second-order valence-electron chi connectivity index (χ2n) is 8.43. The standard InChI is InChI=1S/C23H26BrN3O4/c1-14(24)16-11-17(21(29)31-5)18(25-12-16)20-26-23(4,13-27(20)30)22(2,3)19(28)15-9-7-6-8-10-15/h6-12,14,27H,13H2,1-5H3. The van der Waals surface area contributed by atoms with E-state index in [0.717, 1.165) is 5.56 Å². The normalized spacial score (nSPS) is 22.0. The average Bonchev–Trinajstić information content (AvgIpc) is 3.08. The summed E-state index contributed by atoms with van der Waals surface area (Å²) in [5, 5.41) is 12.8. The molecule has 2 heterocycles. The maximum atomic E-state index is 13.3. The number of hydrogen-bond donors (Lipinski definition) is 1. The lowest BCUT2D eigenvalue weighted by atomic mass is 9.69. The van der Waals surface area contributed by atoms with Crippen molar-refractivity contribution in [1.29, 1.82) is 0 Å². The number of aromatic nitrogens is 1. The molecule has 1 aliphatic rings. The number of methoxy groups -OCH3 is 1. The predicted octanol–water partition coefficient (Wildman–Crippen LogP) is 3.13. The number of nitrogens with one attached hydrogen (secondary N) is 1. The van der Waals surface area contributed by atoms with Gasteiger partial charge in [0.15, 0.2) is 11.5 Å². The molecule has 1 N–H and O–H groups in total. The maximum Gasteiger partial charge on any atom is 0.340 e. The molecule has 1 aromatic heterocycles. The zero-order valence-corrected chi connectivity index (χ0v) is 19.8. The monoisotopic (exact) mass is 487 g/mol. The number of carbonyl (C=O) groups is 2. The van der Waals surface area contributed by atoms with Crippen LogP contribution in [0.4, 0.5) is 0 Å².